The Morgan fingerprint density at radius 2 is 2.11 bits per heavy atom. The van der Waals surface area contributed by atoms with Gasteiger partial charge in [-0.25, -0.2) is 19.2 Å². The van der Waals surface area contributed by atoms with Crippen LogP contribution in [-0.2, 0) is 0 Å². The minimum absolute atomic E-state index is 0.346. The van der Waals surface area contributed by atoms with E-state index in [1.807, 2.05) is 0 Å². The smallest absolute Gasteiger partial charge is 0.342 e. The standard InChI is InChI=1S/C11H6F2N2O3/c12-7-2-1-3-8(9(7)13)18-10-6(11(16)17)4-14-5-15-10/h1-5H,(H,16,17). The molecule has 0 radical (unpaired) electrons. The molecule has 0 aliphatic heterocycles. The fourth-order valence-electron chi connectivity index (χ4n) is 1.21. The average Bonchev–Trinajstić information content (AvgIpc) is 2.35. The van der Waals surface area contributed by atoms with E-state index in [0.29, 0.717) is 0 Å². The molecule has 0 atom stereocenters. The molecule has 2 aromatic rings. The first kappa shape index (κ1) is 11.9. The van der Waals surface area contributed by atoms with E-state index >= 15 is 0 Å². The Bertz CT molecular complexity index is 605. The van der Waals surface area contributed by atoms with Gasteiger partial charge in [0, 0.05) is 6.20 Å². The van der Waals surface area contributed by atoms with Gasteiger partial charge in [0.15, 0.2) is 11.6 Å². The van der Waals surface area contributed by atoms with Crippen LogP contribution in [0.4, 0.5) is 8.78 Å². The number of ether oxygens (including phenoxy) is 1. The monoisotopic (exact) mass is 252 g/mol. The van der Waals surface area contributed by atoms with Gasteiger partial charge in [0.2, 0.25) is 11.7 Å². The second-order valence-electron chi connectivity index (χ2n) is 3.20. The molecule has 0 amide bonds. The van der Waals surface area contributed by atoms with Crippen LogP contribution in [0.25, 0.3) is 0 Å². The Morgan fingerprint density at radius 1 is 1.33 bits per heavy atom. The van der Waals surface area contributed by atoms with Gasteiger partial charge in [-0.1, -0.05) is 6.07 Å². The van der Waals surface area contributed by atoms with Gasteiger partial charge in [0.1, 0.15) is 11.9 Å². The van der Waals surface area contributed by atoms with Crippen LogP contribution in [0.2, 0.25) is 0 Å². The first-order valence-electron chi connectivity index (χ1n) is 4.74. The minimum atomic E-state index is -1.33. The van der Waals surface area contributed by atoms with Crippen molar-refractivity contribution in [1.82, 2.24) is 9.97 Å². The number of halogens is 2. The Morgan fingerprint density at radius 3 is 2.83 bits per heavy atom. The third-order valence-electron chi connectivity index (χ3n) is 2.03. The van der Waals surface area contributed by atoms with Crippen LogP contribution in [0.15, 0.2) is 30.7 Å². The number of carboxylic acids is 1. The molecule has 1 aromatic carbocycles. The average molecular weight is 252 g/mol. The molecule has 92 valence electrons. The maximum Gasteiger partial charge on any atom is 0.342 e. The van der Waals surface area contributed by atoms with Crippen LogP contribution in [0.3, 0.4) is 0 Å². The van der Waals surface area contributed by atoms with E-state index in [1.54, 1.807) is 0 Å². The maximum atomic E-state index is 13.3. The zero-order valence-electron chi connectivity index (χ0n) is 8.80. The molecule has 0 aliphatic rings. The number of aromatic nitrogens is 2. The molecule has 2 rings (SSSR count). The molecular weight excluding hydrogens is 246 g/mol. The highest BCUT2D eigenvalue weighted by atomic mass is 19.2. The van der Waals surface area contributed by atoms with Gasteiger partial charge in [-0.15, -0.1) is 0 Å². The van der Waals surface area contributed by atoms with Crippen LogP contribution < -0.4 is 4.74 Å². The third-order valence-corrected chi connectivity index (χ3v) is 2.03. The second kappa shape index (κ2) is 4.74. The molecule has 1 N–H and O–H groups in total. The Hall–Kier alpha value is -2.57. The van der Waals surface area contributed by atoms with Crippen LogP contribution >= 0.6 is 0 Å². The molecule has 0 bridgehead atoms. The van der Waals surface area contributed by atoms with E-state index < -0.39 is 23.4 Å². The third kappa shape index (κ3) is 2.24. The Kier molecular flexibility index (Phi) is 3.13. The molecule has 5 nitrogen and oxygen atoms in total. The predicted octanol–water partition coefficient (Wildman–Crippen LogP) is 2.25. The van der Waals surface area contributed by atoms with Crippen molar-refractivity contribution in [3.05, 3.63) is 47.9 Å². The number of carbonyl (C=O) groups is 1. The Balaban J connectivity index is 2.40. The van der Waals surface area contributed by atoms with Crippen molar-refractivity contribution in [2.75, 3.05) is 0 Å². The lowest BCUT2D eigenvalue weighted by molar-refractivity contribution is 0.0692. The fourth-order valence-corrected chi connectivity index (χ4v) is 1.21. The second-order valence-corrected chi connectivity index (χ2v) is 3.20. The number of nitrogens with zero attached hydrogens (tertiary/aromatic N) is 2. The summed E-state index contributed by atoms with van der Waals surface area (Å²) in [7, 11) is 0. The van der Waals surface area contributed by atoms with Crippen molar-refractivity contribution in [2.45, 2.75) is 0 Å². The van der Waals surface area contributed by atoms with Gasteiger partial charge in [-0.05, 0) is 12.1 Å². The van der Waals surface area contributed by atoms with Crippen molar-refractivity contribution in [2.24, 2.45) is 0 Å². The van der Waals surface area contributed by atoms with Crippen molar-refractivity contribution in [1.29, 1.82) is 0 Å². The molecule has 7 heteroatoms. The van der Waals surface area contributed by atoms with Crippen molar-refractivity contribution >= 4 is 5.97 Å². The molecule has 0 spiro atoms. The van der Waals surface area contributed by atoms with E-state index in [0.717, 1.165) is 24.7 Å². The van der Waals surface area contributed by atoms with Gasteiger partial charge < -0.3 is 9.84 Å². The Labute approximate surface area is 99.7 Å². The first-order valence-corrected chi connectivity index (χ1v) is 4.74. The lowest BCUT2D eigenvalue weighted by Crippen LogP contribution is -2.03. The normalized spacial score (nSPS) is 10.1. The van der Waals surface area contributed by atoms with E-state index in [9.17, 15) is 13.6 Å². The van der Waals surface area contributed by atoms with E-state index in [1.165, 1.54) is 6.07 Å². The molecule has 18 heavy (non-hydrogen) atoms. The summed E-state index contributed by atoms with van der Waals surface area (Å²) in [6.45, 7) is 0. The summed E-state index contributed by atoms with van der Waals surface area (Å²) in [5.41, 5.74) is -0.346. The molecule has 1 aromatic heterocycles. The van der Waals surface area contributed by atoms with Gasteiger partial charge in [0.25, 0.3) is 0 Å². The van der Waals surface area contributed by atoms with E-state index in [-0.39, 0.29) is 11.4 Å². The van der Waals surface area contributed by atoms with Crippen molar-refractivity contribution in [3.8, 4) is 11.6 Å². The summed E-state index contributed by atoms with van der Waals surface area (Å²) in [5.74, 6) is -4.45. The van der Waals surface area contributed by atoms with Crippen LogP contribution in [0.5, 0.6) is 11.6 Å². The molecule has 0 aliphatic carbocycles. The number of hydrogen-bond acceptors (Lipinski definition) is 4. The SMILES string of the molecule is O=C(O)c1cncnc1Oc1cccc(F)c1F. The quantitative estimate of drug-likeness (QED) is 0.906. The summed E-state index contributed by atoms with van der Waals surface area (Å²) >= 11 is 0. The topological polar surface area (TPSA) is 72.3 Å². The van der Waals surface area contributed by atoms with Crippen LogP contribution in [0, 0.1) is 11.6 Å². The zero-order chi connectivity index (χ0) is 13.1. The summed E-state index contributed by atoms with van der Waals surface area (Å²) in [6.07, 6.45) is 2.04. The summed E-state index contributed by atoms with van der Waals surface area (Å²) in [6, 6.07) is 3.31. The number of benzene rings is 1. The zero-order valence-corrected chi connectivity index (χ0v) is 8.80. The summed E-state index contributed by atoms with van der Waals surface area (Å²) in [5, 5.41) is 8.84. The number of hydrogen-bond donors (Lipinski definition) is 1. The van der Waals surface area contributed by atoms with E-state index in [4.69, 9.17) is 9.84 Å². The summed E-state index contributed by atoms with van der Waals surface area (Å²) < 4.78 is 31.2. The molecule has 0 saturated carbocycles. The first-order chi connectivity index (χ1) is 8.59. The summed E-state index contributed by atoms with van der Waals surface area (Å²) in [4.78, 5) is 17.9. The largest absolute Gasteiger partial charge is 0.477 e. The van der Waals surface area contributed by atoms with Gasteiger partial charge in [0.05, 0.1) is 0 Å². The molecule has 0 saturated heterocycles. The highest BCUT2D eigenvalue weighted by Gasteiger charge is 2.16. The van der Waals surface area contributed by atoms with Crippen LogP contribution in [-0.4, -0.2) is 21.0 Å². The van der Waals surface area contributed by atoms with Crippen molar-refractivity contribution < 1.29 is 23.4 Å². The van der Waals surface area contributed by atoms with Crippen LogP contribution in [0.1, 0.15) is 10.4 Å². The fraction of sp³-hybridized carbons (Fsp3) is 0. The number of aromatic carboxylic acids is 1. The molecule has 0 fully saturated rings. The highest BCUT2D eigenvalue weighted by molar-refractivity contribution is 5.89. The lowest BCUT2D eigenvalue weighted by atomic mass is 10.3. The van der Waals surface area contributed by atoms with Gasteiger partial charge in [-0.2, -0.15) is 4.39 Å². The molecule has 0 unspecified atom stereocenters. The highest BCUT2D eigenvalue weighted by Crippen LogP contribution is 2.26. The predicted molar refractivity (Wildman–Crippen MR) is 55.4 cm³/mol. The maximum absolute atomic E-state index is 13.3. The van der Waals surface area contributed by atoms with Gasteiger partial charge >= 0.3 is 5.97 Å². The molecular formula is C11H6F2N2O3. The lowest BCUT2D eigenvalue weighted by Gasteiger charge is -2.07. The number of rotatable bonds is 3. The molecule has 1 heterocycles. The van der Waals surface area contributed by atoms with Crippen molar-refractivity contribution in [3.63, 3.8) is 0 Å². The van der Waals surface area contributed by atoms with Gasteiger partial charge in [-0.3, -0.25) is 0 Å². The van der Waals surface area contributed by atoms with E-state index in [2.05, 4.69) is 9.97 Å². The number of carboxylic acid groups (broad SMARTS) is 1. The minimum Gasteiger partial charge on any atom is -0.477 e.